The van der Waals surface area contributed by atoms with E-state index in [0.29, 0.717) is 11.5 Å². The van der Waals surface area contributed by atoms with Crippen LogP contribution in [-0.4, -0.2) is 40.1 Å². The Morgan fingerprint density at radius 1 is 1.00 bits per heavy atom. The van der Waals surface area contributed by atoms with Crippen molar-refractivity contribution in [3.63, 3.8) is 0 Å². The van der Waals surface area contributed by atoms with Gasteiger partial charge in [-0.05, 0) is 24.0 Å². The highest BCUT2D eigenvalue weighted by molar-refractivity contribution is 6.44. The van der Waals surface area contributed by atoms with E-state index in [1.165, 1.54) is 4.90 Å². The normalized spacial score (nSPS) is 20.7. The maximum absolute atomic E-state index is 13.1. The minimum absolute atomic E-state index is 0.000256. The van der Waals surface area contributed by atoms with Crippen LogP contribution in [-0.2, 0) is 9.59 Å². The van der Waals surface area contributed by atoms with Gasteiger partial charge in [0.1, 0.15) is 5.92 Å². The second kappa shape index (κ2) is 8.07. The minimum atomic E-state index is -1.11. The quantitative estimate of drug-likeness (QED) is 0.475. The summed E-state index contributed by atoms with van der Waals surface area (Å²) in [6, 6.07) is 15.5. The highest BCUT2D eigenvalue weighted by atomic mass is 16.3. The fourth-order valence-electron chi connectivity index (χ4n) is 3.70. The van der Waals surface area contributed by atoms with Gasteiger partial charge in [-0.3, -0.25) is 14.4 Å². The van der Waals surface area contributed by atoms with Crippen LogP contribution in [0, 0.1) is 5.92 Å². The number of carbonyl (C=O) groups is 3. The van der Waals surface area contributed by atoms with Crippen LogP contribution in [0.25, 0.3) is 0 Å². The molecule has 1 aliphatic heterocycles. The fourth-order valence-corrected chi connectivity index (χ4v) is 3.70. The van der Waals surface area contributed by atoms with Crippen molar-refractivity contribution < 1.29 is 19.5 Å². The van der Waals surface area contributed by atoms with E-state index in [0.717, 1.165) is 11.1 Å². The van der Waals surface area contributed by atoms with Crippen molar-refractivity contribution in [2.45, 2.75) is 38.8 Å². The van der Waals surface area contributed by atoms with Crippen LogP contribution in [0.1, 0.15) is 54.2 Å². The summed E-state index contributed by atoms with van der Waals surface area (Å²) in [7, 11) is 0. The van der Waals surface area contributed by atoms with Gasteiger partial charge in [0.25, 0.3) is 5.91 Å². The molecule has 0 spiro atoms. The summed E-state index contributed by atoms with van der Waals surface area (Å²) in [5, 5.41) is 9.85. The third-order valence-electron chi connectivity index (χ3n) is 5.15. The molecule has 1 heterocycles. The number of amides is 1. The number of β-amino-alcohol motifs (C(OH)–C–C–N with tert-alkyl or cyclic N) is 1. The van der Waals surface area contributed by atoms with Crippen LogP contribution in [0.3, 0.4) is 0 Å². The average molecular weight is 379 g/mol. The van der Waals surface area contributed by atoms with Crippen molar-refractivity contribution in [2.24, 2.45) is 5.92 Å². The maximum atomic E-state index is 13.1. The fraction of sp³-hybridized carbons (Fsp3) is 0.348. The molecule has 3 atom stereocenters. The number of hydrogen-bond donors (Lipinski definition) is 1. The number of nitrogens with zero attached hydrogens (tertiary/aromatic N) is 1. The Hall–Kier alpha value is -2.79. The molecule has 146 valence electrons. The van der Waals surface area contributed by atoms with Crippen LogP contribution >= 0.6 is 0 Å². The molecule has 3 unspecified atom stereocenters. The molecule has 28 heavy (non-hydrogen) atoms. The Morgan fingerprint density at radius 3 is 2.14 bits per heavy atom. The lowest BCUT2D eigenvalue weighted by Crippen LogP contribution is -2.36. The average Bonchev–Trinajstić information content (AvgIpc) is 2.92. The number of likely N-dealkylation sites (tertiary alicyclic amines) is 1. The van der Waals surface area contributed by atoms with E-state index in [1.807, 2.05) is 24.3 Å². The molecule has 3 rings (SSSR count). The monoisotopic (exact) mass is 379 g/mol. The summed E-state index contributed by atoms with van der Waals surface area (Å²) >= 11 is 0. The van der Waals surface area contributed by atoms with Gasteiger partial charge >= 0.3 is 0 Å². The molecule has 1 aliphatic rings. The Labute approximate surface area is 165 Å². The number of hydrogen-bond acceptors (Lipinski definition) is 4. The van der Waals surface area contributed by atoms with Gasteiger partial charge in [-0.1, -0.05) is 68.4 Å². The molecule has 0 aromatic heterocycles. The third-order valence-corrected chi connectivity index (χ3v) is 5.15. The van der Waals surface area contributed by atoms with Crippen molar-refractivity contribution in [1.82, 2.24) is 4.90 Å². The van der Waals surface area contributed by atoms with E-state index in [4.69, 9.17) is 0 Å². The molecule has 5 nitrogen and oxygen atoms in total. The zero-order valence-corrected chi connectivity index (χ0v) is 16.3. The smallest absolute Gasteiger partial charge is 0.291 e. The molecular formula is C23H25NO4. The molecule has 1 N–H and O–H groups in total. The predicted octanol–water partition coefficient (Wildman–Crippen LogP) is 3.14. The number of rotatable bonds is 6. The largest absolute Gasteiger partial charge is 0.392 e. The van der Waals surface area contributed by atoms with E-state index in [1.54, 1.807) is 37.3 Å². The Bertz CT molecular complexity index is 871. The Kier molecular flexibility index (Phi) is 5.75. The number of carbonyl (C=O) groups excluding carboxylic acids is 3. The molecule has 0 saturated carbocycles. The van der Waals surface area contributed by atoms with E-state index in [9.17, 15) is 19.5 Å². The van der Waals surface area contributed by atoms with Gasteiger partial charge < -0.3 is 10.0 Å². The van der Waals surface area contributed by atoms with Gasteiger partial charge in [0.2, 0.25) is 5.78 Å². The van der Waals surface area contributed by atoms with Crippen LogP contribution in [0.2, 0.25) is 0 Å². The molecule has 2 aromatic carbocycles. The zero-order valence-electron chi connectivity index (χ0n) is 16.3. The van der Waals surface area contributed by atoms with Gasteiger partial charge in [-0.2, -0.15) is 0 Å². The number of Topliss-reactive ketones (excluding diaryl/α,β-unsaturated/α-hetero) is 2. The van der Waals surface area contributed by atoms with E-state index in [-0.39, 0.29) is 12.3 Å². The van der Waals surface area contributed by atoms with Crippen molar-refractivity contribution in [1.29, 1.82) is 0 Å². The van der Waals surface area contributed by atoms with Gasteiger partial charge in [-0.25, -0.2) is 0 Å². The predicted molar refractivity (Wildman–Crippen MR) is 106 cm³/mol. The summed E-state index contributed by atoms with van der Waals surface area (Å²) in [4.78, 5) is 39.9. The number of ketones is 2. The molecule has 2 aromatic rings. The van der Waals surface area contributed by atoms with Gasteiger partial charge in [0.05, 0.1) is 12.1 Å². The first kappa shape index (κ1) is 20.0. The minimum Gasteiger partial charge on any atom is -0.392 e. The summed E-state index contributed by atoms with van der Waals surface area (Å²) in [6.07, 6.45) is -0.806. The van der Waals surface area contributed by atoms with Crippen LogP contribution in [0.5, 0.6) is 0 Å². The number of aliphatic hydroxyl groups excluding tert-OH is 1. The molecule has 0 radical (unpaired) electrons. The van der Waals surface area contributed by atoms with Gasteiger partial charge in [-0.15, -0.1) is 0 Å². The second-order valence-corrected chi connectivity index (χ2v) is 7.64. The van der Waals surface area contributed by atoms with E-state index < -0.39 is 29.8 Å². The zero-order chi connectivity index (χ0) is 20.4. The summed E-state index contributed by atoms with van der Waals surface area (Å²) < 4.78 is 0. The first-order valence-electron chi connectivity index (χ1n) is 9.53. The topological polar surface area (TPSA) is 74.7 Å². The first-order chi connectivity index (χ1) is 13.3. The molecule has 1 fully saturated rings. The molecule has 0 bridgehead atoms. The lowest BCUT2D eigenvalue weighted by atomic mass is 9.85. The van der Waals surface area contributed by atoms with Crippen LogP contribution in [0.15, 0.2) is 54.6 Å². The molecule has 0 aliphatic carbocycles. The highest BCUT2D eigenvalue weighted by Crippen LogP contribution is 2.38. The van der Waals surface area contributed by atoms with Crippen molar-refractivity contribution in [3.05, 3.63) is 71.3 Å². The Morgan fingerprint density at radius 2 is 1.61 bits per heavy atom. The summed E-state index contributed by atoms with van der Waals surface area (Å²) in [5.41, 5.74) is 2.25. The summed E-state index contributed by atoms with van der Waals surface area (Å²) in [6.45, 7) is 5.72. The molecule has 1 amide bonds. The van der Waals surface area contributed by atoms with Gasteiger partial charge in [0.15, 0.2) is 5.78 Å². The SMILES string of the molecule is CC(O)CN1C(=O)C(=O)C(C(=O)c2ccccc2)C1c1ccc(C(C)C)cc1. The molecule has 1 saturated heterocycles. The van der Waals surface area contributed by atoms with Crippen molar-refractivity contribution in [3.8, 4) is 0 Å². The molecular weight excluding hydrogens is 354 g/mol. The van der Waals surface area contributed by atoms with Crippen molar-refractivity contribution >= 4 is 17.5 Å². The maximum Gasteiger partial charge on any atom is 0.291 e. The molecule has 5 heteroatoms. The highest BCUT2D eigenvalue weighted by Gasteiger charge is 2.51. The number of aliphatic hydroxyl groups is 1. The van der Waals surface area contributed by atoms with Gasteiger partial charge in [0, 0.05) is 12.1 Å². The van der Waals surface area contributed by atoms with Crippen LogP contribution < -0.4 is 0 Å². The lowest BCUT2D eigenvalue weighted by molar-refractivity contribution is -0.141. The summed E-state index contributed by atoms with van der Waals surface area (Å²) in [5.74, 6) is -2.57. The first-order valence-corrected chi connectivity index (χ1v) is 9.53. The standard InChI is InChI=1S/C23H25NO4/c1-14(2)16-9-11-17(12-10-16)20-19(21(26)18-7-5-4-6-8-18)22(27)23(28)24(20)13-15(3)25/h4-12,14-15,19-20,25H,13H2,1-3H3. The number of benzene rings is 2. The van der Waals surface area contributed by atoms with Crippen molar-refractivity contribution in [2.75, 3.05) is 6.54 Å². The van der Waals surface area contributed by atoms with E-state index in [2.05, 4.69) is 13.8 Å². The lowest BCUT2D eigenvalue weighted by Gasteiger charge is -2.28. The third kappa shape index (κ3) is 3.76. The van der Waals surface area contributed by atoms with E-state index >= 15 is 0 Å². The second-order valence-electron chi connectivity index (χ2n) is 7.64. The Balaban J connectivity index is 2.06. The van der Waals surface area contributed by atoms with Crippen LogP contribution in [0.4, 0.5) is 0 Å².